The predicted octanol–water partition coefficient (Wildman–Crippen LogP) is 0.319. The second-order valence-corrected chi connectivity index (χ2v) is 1.98. The van der Waals surface area contributed by atoms with Gasteiger partial charge in [-0.15, -0.1) is 0 Å². The summed E-state index contributed by atoms with van der Waals surface area (Å²) in [5, 5.41) is 0. The Morgan fingerprint density at radius 2 is 2.64 bits per heavy atom. The zero-order valence-electron chi connectivity index (χ0n) is 6.36. The summed E-state index contributed by atoms with van der Waals surface area (Å²) in [6.07, 6.45) is 4.89. The van der Waals surface area contributed by atoms with Gasteiger partial charge in [0.15, 0.2) is 0 Å². The minimum absolute atomic E-state index is 0.461. The number of hydrogen-bond donors (Lipinski definition) is 1. The van der Waals surface area contributed by atoms with Crippen LogP contribution in [0, 0.1) is 0 Å². The van der Waals surface area contributed by atoms with Gasteiger partial charge in [-0.25, -0.2) is 4.98 Å². The molecule has 1 aromatic heterocycles. The molecule has 1 heterocycles. The number of nitrogens with two attached hydrogens (primary N) is 1. The minimum Gasteiger partial charge on any atom is -0.382 e. The molecule has 1 aromatic rings. The van der Waals surface area contributed by atoms with Crippen LogP contribution in [0.3, 0.4) is 0 Å². The Balaban J connectivity index is 3.12. The maximum Gasteiger partial charge on any atom is 0.144 e. The van der Waals surface area contributed by atoms with Crippen LogP contribution in [0.15, 0.2) is 24.1 Å². The van der Waals surface area contributed by atoms with E-state index in [1.165, 1.54) is 0 Å². The van der Waals surface area contributed by atoms with Crippen molar-refractivity contribution < 1.29 is 0 Å². The Morgan fingerprint density at radius 1 is 1.91 bits per heavy atom. The van der Waals surface area contributed by atoms with Crippen molar-refractivity contribution in [3.05, 3.63) is 24.8 Å². The van der Waals surface area contributed by atoms with Crippen LogP contribution < -0.4 is 5.73 Å². The van der Waals surface area contributed by atoms with E-state index in [0.717, 1.165) is 5.69 Å². The molecule has 0 atom stereocenters. The lowest BCUT2D eigenvalue weighted by atomic mass is 10.4. The molecule has 0 radical (unpaired) electrons. The molecule has 0 aliphatic carbocycles. The van der Waals surface area contributed by atoms with Crippen molar-refractivity contribution in [3.8, 4) is 0 Å². The van der Waals surface area contributed by atoms with E-state index < -0.39 is 0 Å². The van der Waals surface area contributed by atoms with Crippen LogP contribution in [0.5, 0.6) is 0 Å². The number of aliphatic imine (C=N–C) groups is 1. The molecule has 0 aromatic carbocycles. The van der Waals surface area contributed by atoms with Gasteiger partial charge >= 0.3 is 0 Å². The highest BCUT2D eigenvalue weighted by Crippen LogP contribution is 1.97. The molecule has 4 nitrogen and oxygen atoms in total. The first-order valence-electron chi connectivity index (χ1n) is 3.16. The lowest BCUT2D eigenvalue weighted by molar-refractivity contribution is 1.12. The van der Waals surface area contributed by atoms with E-state index in [-0.39, 0.29) is 0 Å². The predicted molar refractivity (Wildman–Crippen MR) is 45.3 cm³/mol. The fraction of sp³-hybridized carbons (Fsp3) is 0.143. The quantitative estimate of drug-likeness (QED) is 0.487. The first kappa shape index (κ1) is 7.53. The van der Waals surface area contributed by atoms with Crippen LogP contribution in [0.2, 0.25) is 0 Å². The van der Waals surface area contributed by atoms with Gasteiger partial charge in [0.25, 0.3) is 0 Å². The fourth-order valence-electron chi connectivity index (χ4n) is 0.763. The number of aromatic nitrogens is 2. The van der Waals surface area contributed by atoms with Gasteiger partial charge < -0.3 is 10.3 Å². The molecule has 0 unspecified atom stereocenters. The number of rotatable bonds is 2. The van der Waals surface area contributed by atoms with Gasteiger partial charge in [-0.3, -0.25) is 4.99 Å². The van der Waals surface area contributed by atoms with Crippen LogP contribution in [0.1, 0.15) is 5.69 Å². The number of hydrogen-bond acceptors (Lipinski definition) is 2. The SMILES string of the molecule is C=Cn1cncc1/C(N)=N\C. The topological polar surface area (TPSA) is 56.2 Å². The lowest BCUT2D eigenvalue weighted by Gasteiger charge is -1.98. The largest absolute Gasteiger partial charge is 0.382 e. The second kappa shape index (κ2) is 3.01. The summed E-state index contributed by atoms with van der Waals surface area (Å²) in [5.41, 5.74) is 6.32. The highest BCUT2D eigenvalue weighted by atomic mass is 15.1. The summed E-state index contributed by atoms with van der Waals surface area (Å²) in [6, 6.07) is 0. The van der Waals surface area contributed by atoms with Crippen LogP contribution in [-0.4, -0.2) is 22.4 Å². The van der Waals surface area contributed by atoms with E-state index in [0.29, 0.717) is 5.84 Å². The lowest BCUT2D eigenvalue weighted by Crippen LogP contribution is -2.15. The van der Waals surface area contributed by atoms with Gasteiger partial charge in [-0.2, -0.15) is 0 Å². The molecule has 58 valence electrons. The summed E-state index contributed by atoms with van der Waals surface area (Å²) < 4.78 is 1.71. The molecule has 0 saturated carbocycles. The third-order valence-corrected chi connectivity index (χ3v) is 1.37. The van der Waals surface area contributed by atoms with Crippen molar-refractivity contribution in [2.45, 2.75) is 0 Å². The van der Waals surface area contributed by atoms with Crippen molar-refractivity contribution in [2.24, 2.45) is 10.7 Å². The average molecular weight is 150 g/mol. The van der Waals surface area contributed by atoms with Gasteiger partial charge in [0, 0.05) is 13.2 Å². The smallest absolute Gasteiger partial charge is 0.144 e. The molecular weight excluding hydrogens is 140 g/mol. The molecule has 11 heavy (non-hydrogen) atoms. The number of imidazole rings is 1. The van der Waals surface area contributed by atoms with Crippen molar-refractivity contribution in [1.82, 2.24) is 9.55 Å². The fourth-order valence-corrected chi connectivity index (χ4v) is 0.763. The van der Waals surface area contributed by atoms with E-state index >= 15 is 0 Å². The molecule has 4 heteroatoms. The van der Waals surface area contributed by atoms with Gasteiger partial charge in [-0.1, -0.05) is 6.58 Å². The molecule has 0 aliphatic heterocycles. The Bertz CT molecular complexity index is 284. The van der Waals surface area contributed by atoms with Gasteiger partial charge in [0.2, 0.25) is 0 Å². The van der Waals surface area contributed by atoms with Crippen LogP contribution in [-0.2, 0) is 0 Å². The highest BCUT2D eigenvalue weighted by molar-refractivity contribution is 5.96. The van der Waals surface area contributed by atoms with Crippen LogP contribution in [0.4, 0.5) is 0 Å². The van der Waals surface area contributed by atoms with E-state index in [1.54, 1.807) is 30.3 Å². The molecule has 0 fully saturated rings. The first-order chi connectivity index (χ1) is 5.29. The zero-order valence-corrected chi connectivity index (χ0v) is 6.36. The number of nitrogens with zero attached hydrogens (tertiary/aromatic N) is 3. The maximum absolute atomic E-state index is 5.56. The Morgan fingerprint density at radius 3 is 3.18 bits per heavy atom. The molecule has 0 bridgehead atoms. The third kappa shape index (κ3) is 1.29. The van der Waals surface area contributed by atoms with E-state index in [1.807, 2.05) is 0 Å². The van der Waals surface area contributed by atoms with Crippen LogP contribution >= 0.6 is 0 Å². The Hall–Kier alpha value is -1.58. The van der Waals surface area contributed by atoms with Crippen molar-refractivity contribution in [2.75, 3.05) is 7.05 Å². The summed E-state index contributed by atoms with van der Waals surface area (Å²) in [6.45, 7) is 3.59. The van der Waals surface area contributed by atoms with Crippen molar-refractivity contribution >= 4 is 12.0 Å². The highest BCUT2D eigenvalue weighted by Gasteiger charge is 2.01. The zero-order chi connectivity index (χ0) is 8.27. The third-order valence-electron chi connectivity index (χ3n) is 1.37. The molecule has 0 spiro atoms. The standard InChI is InChI=1S/C7H10N4/c1-3-11-5-10-4-6(11)7(8)9-2/h3-5H,1H2,2H3,(H2,8,9). The molecule has 0 aliphatic rings. The van der Waals surface area contributed by atoms with Crippen molar-refractivity contribution in [1.29, 1.82) is 0 Å². The normalized spacial score (nSPS) is 11.5. The molecule has 0 amide bonds. The molecule has 0 saturated heterocycles. The maximum atomic E-state index is 5.56. The summed E-state index contributed by atoms with van der Waals surface area (Å²) in [7, 11) is 1.63. The Kier molecular flexibility index (Phi) is 2.06. The summed E-state index contributed by atoms with van der Waals surface area (Å²) >= 11 is 0. The summed E-state index contributed by atoms with van der Waals surface area (Å²) in [5.74, 6) is 0.461. The van der Waals surface area contributed by atoms with Gasteiger partial charge in [0.1, 0.15) is 11.5 Å². The monoisotopic (exact) mass is 150 g/mol. The van der Waals surface area contributed by atoms with E-state index in [4.69, 9.17) is 5.73 Å². The van der Waals surface area contributed by atoms with E-state index in [2.05, 4.69) is 16.6 Å². The molecule has 2 N–H and O–H groups in total. The second-order valence-electron chi connectivity index (χ2n) is 1.98. The summed E-state index contributed by atoms with van der Waals surface area (Å²) in [4.78, 5) is 7.72. The number of amidine groups is 1. The first-order valence-corrected chi connectivity index (χ1v) is 3.16. The average Bonchev–Trinajstić information content (AvgIpc) is 2.50. The molecule has 1 rings (SSSR count). The van der Waals surface area contributed by atoms with Crippen molar-refractivity contribution in [3.63, 3.8) is 0 Å². The van der Waals surface area contributed by atoms with Gasteiger partial charge in [-0.05, 0) is 0 Å². The molecular formula is C7H10N4. The van der Waals surface area contributed by atoms with E-state index in [9.17, 15) is 0 Å². The minimum atomic E-state index is 0.461. The van der Waals surface area contributed by atoms with Crippen LogP contribution in [0.25, 0.3) is 6.20 Å². The Labute approximate surface area is 65.1 Å². The van der Waals surface area contributed by atoms with Gasteiger partial charge in [0.05, 0.1) is 12.5 Å².